The van der Waals surface area contributed by atoms with E-state index >= 15 is 0 Å². The molecule has 7 nitrogen and oxygen atoms in total. The number of thioether (sulfide) groups is 1. The molecule has 126 valence electrons. The number of ether oxygens (including phenoxy) is 1. The molecule has 25 heavy (non-hydrogen) atoms. The first-order valence-electron chi connectivity index (χ1n) is 7.32. The Kier molecular flexibility index (Phi) is 7.12. The number of fused-ring (bicyclic) bond motifs is 1. The number of amides is 2. The van der Waals surface area contributed by atoms with Gasteiger partial charge in [0.05, 0.1) is 11.7 Å². The van der Waals surface area contributed by atoms with Gasteiger partial charge in [-0.1, -0.05) is 18.2 Å². The number of aliphatic carboxylic acids is 1. The Balaban J connectivity index is 0.00000225. The van der Waals surface area contributed by atoms with Crippen LogP contribution < -0.4 is 66.5 Å². The molecule has 0 aromatic heterocycles. The van der Waals surface area contributed by atoms with Crippen LogP contribution >= 0.6 is 11.8 Å². The Labute approximate surface area is 191 Å². The minimum absolute atomic E-state index is 0. The predicted octanol–water partition coefficient (Wildman–Crippen LogP) is -3.51. The molecule has 2 heterocycles. The zero-order chi connectivity index (χ0) is 17.3. The fraction of sp³-hybridized carbons (Fsp3) is 0.312. The summed E-state index contributed by atoms with van der Waals surface area (Å²) in [6, 6.07) is 8.11. The van der Waals surface area contributed by atoms with Gasteiger partial charge in [0.2, 0.25) is 0 Å². The number of benzene rings is 1. The number of β-lactam (4-membered cyclic amide) rings is 1. The fourth-order valence-electron chi connectivity index (χ4n) is 2.64. The van der Waals surface area contributed by atoms with E-state index in [1.807, 2.05) is 6.07 Å². The molecular formula is C16H15KN2O5S. The van der Waals surface area contributed by atoms with Crippen LogP contribution in [-0.4, -0.2) is 46.5 Å². The number of carbonyl (C=O) groups is 3. The van der Waals surface area contributed by atoms with Gasteiger partial charge in [-0.15, -0.1) is 11.8 Å². The fourth-order valence-corrected chi connectivity index (χ4v) is 3.94. The van der Waals surface area contributed by atoms with Crippen molar-refractivity contribution in [2.24, 2.45) is 0 Å². The number of carboxylic acid groups (broad SMARTS) is 1. The summed E-state index contributed by atoms with van der Waals surface area (Å²) in [4.78, 5) is 36.6. The van der Waals surface area contributed by atoms with Gasteiger partial charge in [-0.3, -0.25) is 14.5 Å². The number of hydrogen-bond acceptors (Lipinski definition) is 6. The standard InChI is InChI=1S/C16H16N2O5S.K/c1-9-8-24-15-12(14(20)18(15)13(9)16(21)22)17-11(19)7-23-10-5-3-2-4-6-10;/h2-6,12,15H,7-8H2,1H3,(H,17,19)(H,21,22);/q;+1/p-1/t12-,15-;/m1./s1. The van der Waals surface area contributed by atoms with E-state index in [4.69, 9.17) is 4.74 Å². The summed E-state index contributed by atoms with van der Waals surface area (Å²) in [5.74, 6) is -1.22. The van der Waals surface area contributed by atoms with E-state index in [1.54, 1.807) is 31.2 Å². The minimum atomic E-state index is -1.37. The number of hydrogen-bond donors (Lipinski definition) is 1. The molecule has 1 saturated heterocycles. The van der Waals surface area contributed by atoms with Gasteiger partial charge in [-0.05, 0) is 24.6 Å². The van der Waals surface area contributed by atoms with Crippen molar-refractivity contribution in [1.29, 1.82) is 0 Å². The van der Waals surface area contributed by atoms with Crippen LogP contribution in [0.5, 0.6) is 5.75 Å². The molecule has 1 N–H and O–H groups in total. The number of carbonyl (C=O) groups excluding carboxylic acids is 3. The number of carboxylic acids is 1. The van der Waals surface area contributed by atoms with Gasteiger partial charge in [0.15, 0.2) is 6.61 Å². The zero-order valence-electron chi connectivity index (χ0n) is 13.9. The molecule has 1 fully saturated rings. The average molecular weight is 386 g/mol. The number of nitrogens with zero attached hydrogens (tertiary/aromatic N) is 1. The molecule has 2 atom stereocenters. The Morgan fingerprint density at radius 2 is 2.04 bits per heavy atom. The summed E-state index contributed by atoms with van der Waals surface area (Å²) in [6.07, 6.45) is 0. The second kappa shape index (κ2) is 8.70. The Hall–Kier alpha value is -0.844. The molecule has 0 aliphatic carbocycles. The smallest absolute Gasteiger partial charge is 0.543 e. The summed E-state index contributed by atoms with van der Waals surface area (Å²) in [5, 5.41) is 13.4. The number of para-hydroxylation sites is 1. The molecule has 1 aromatic carbocycles. The zero-order valence-corrected chi connectivity index (χ0v) is 17.8. The van der Waals surface area contributed by atoms with Crippen LogP contribution in [0.1, 0.15) is 6.92 Å². The van der Waals surface area contributed by atoms with Crippen molar-refractivity contribution in [2.75, 3.05) is 12.4 Å². The van der Waals surface area contributed by atoms with Crippen molar-refractivity contribution >= 4 is 29.5 Å². The average Bonchev–Trinajstić information content (AvgIpc) is 2.58. The maximum absolute atomic E-state index is 12.2. The third-order valence-corrected chi connectivity index (χ3v) is 5.21. The van der Waals surface area contributed by atoms with E-state index in [0.717, 1.165) is 0 Å². The summed E-state index contributed by atoms with van der Waals surface area (Å²) >= 11 is 1.41. The molecule has 2 aliphatic rings. The molecule has 0 radical (unpaired) electrons. The largest absolute Gasteiger partial charge is 1.00 e. The maximum Gasteiger partial charge on any atom is 1.00 e. The summed E-state index contributed by atoms with van der Waals surface area (Å²) in [6.45, 7) is 1.44. The molecule has 0 bridgehead atoms. The molecule has 3 rings (SSSR count). The van der Waals surface area contributed by atoms with Gasteiger partial charge in [0, 0.05) is 5.75 Å². The number of nitrogens with one attached hydrogen (secondary N) is 1. The second-order valence-electron chi connectivity index (χ2n) is 5.47. The molecule has 2 aliphatic heterocycles. The SMILES string of the molecule is CC1=C(C(=O)[O-])N2C(=O)[C@@H](NC(=O)COc3ccccc3)[C@H]2SC1.[K+]. The minimum Gasteiger partial charge on any atom is -0.543 e. The molecular weight excluding hydrogens is 371 g/mol. The van der Waals surface area contributed by atoms with Gasteiger partial charge in [-0.25, -0.2) is 0 Å². The Morgan fingerprint density at radius 3 is 2.68 bits per heavy atom. The monoisotopic (exact) mass is 386 g/mol. The van der Waals surface area contributed by atoms with E-state index in [9.17, 15) is 19.5 Å². The first-order chi connectivity index (χ1) is 11.5. The van der Waals surface area contributed by atoms with Crippen molar-refractivity contribution in [3.8, 4) is 5.75 Å². The van der Waals surface area contributed by atoms with Crippen LogP contribution in [0.25, 0.3) is 0 Å². The quantitative estimate of drug-likeness (QED) is 0.416. The topological polar surface area (TPSA) is 98.8 Å². The summed E-state index contributed by atoms with van der Waals surface area (Å²) in [5.41, 5.74) is 0.497. The van der Waals surface area contributed by atoms with Gasteiger partial charge in [-0.2, -0.15) is 0 Å². The van der Waals surface area contributed by atoms with Crippen molar-refractivity contribution < 1.29 is 75.6 Å². The summed E-state index contributed by atoms with van der Waals surface area (Å²) < 4.78 is 5.33. The van der Waals surface area contributed by atoms with Crippen LogP contribution in [0, 0.1) is 0 Å². The molecule has 1 aromatic rings. The Bertz CT molecular complexity index is 724. The molecule has 0 unspecified atom stereocenters. The molecule has 0 spiro atoms. The van der Waals surface area contributed by atoms with E-state index < -0.39 is 29.2 Å². The van der Waals surface area contributed by atoms with Crippen LogP contribution in [0.3, 0.4) is 0 Å². The third kappa shape index (κ3) is 4.29. The van der Waals surface area contributed by atoms with Gasteiger partial charge >= 0.3 is 51.4 Å². The van der Waals surface area contributed by atoms with E-state index in [-0.39, 0.29) is 63.7 Å². The Morgan fingerprint density at radius 1 is 1.36 bits per heavy atom. The summed E-state index contributed by atoms with van der Waals surface area (Å²) in [7, 11) is 0. The molecule has 9 heteroatoms. The molecule has 2 amide bonds. The van der Waals surface area contributed by atoms with Crippen molar-refractivity contribution in [3.63, 3.8) is 0 Å². The second-order valence-corrected chi connectivity index (χ2v) is 6.58. The van der Waals surface area contributed by atoms with Gasteiger partial charge in [0.1, 0.15) is 17.2 Å². The molecule has 0 saturated carbocycles. The maximum atomic E-state index is 12.2. The van der Waals surface area contributed by atoms with Gasteiger partial charge in [0.25, 0.3) is 11.8 Å². The van der Waals surface area contributed by atoms with E-state index in [0.29, 0.717) is 17.1 Å². The third-order valence-electron chi connectivity index (χ3n) is 3.78. The predicted molar refractivity (Wildman–Crippen MR) is 84.7 cm³/mol. The van der Waals surface area contributed by atoms with E-state index in [2.05, 4.69) is 5.32 Å². The van der Waals surface area contributed by atoms with Crippen LogP contribution in [0.15, 0.2) is 41.6 Å². The first kappa shape index (κ1) is 20.5. The van der Waals surface area contributed by atoms with Gasteiger partial charge < -0.3 is 20.0 Å². The van der Waals surface area contributed by atoms with Crippen molar-refractivity contribution in [2.45, 2.75) is 18.3 Å². The van der Waals surface area contributed by atoms with Crippen LogP contribution in [0.4, 0.5) is 0 Å². The van der Waals surface area contributed by atoms with Crippen LogP contribution in [0.2, 0.25) is 0 Å². The van der Waals surface area contributed by atoms with E-state index in [1.165, 1.54) is 16.7 Å². The van der Waals surface area contributed by atoms with Crippen molar-refractivity contribution in [3.05, 3.63) is 41.6 Å². The van der Waals surface area contributed by atoms with Crippen LogP contribution in [-0.2, 0) is 14.4 Å². The first-order valence-corrected chi connectivity index (χ1v) is 8.37. The van der Waals surface area contributed by atoms with Crippen molar-refractivity contribution in [1.82, 2.24) is 10.2 Å². The normalized spacial score (nSPS) is 21.6. The number of rotatable bonds is 5.